The average Bonchev–Trinajstić information content (AvgIpc) is 2.62. The maximum atomic E-state index is 11.0. The van der Waals surface area contributed by atoms with Crippen LogP contribution >= 0.6 is 0 Å². The lowest BCUT2D eigenvalue weighted by Gasteiger charge is -2.26. The third kappa shape index (κ3) is 18.1. The summed E-state index contributed by atoms with van der Waals surface area (Å²) in [5.41, 5.74) is 5.96. The third-order valence-electron chi connectivity index (χ3n) is 4.35. The molecule has 27 heavy (non-hydrogen) atoms. The van der Waals surface area contributed by atoms with Gasteiger partial charge in [0.15, 0.2) is 6.29 Å². The van der Waals surface area contributed by atoms with Crippen molar-refractivity contribution in [1.82, 2.24) is 5.32 Å². The van der Waals surface area contributed by atoms with Gasteiger partial charge in [-0.25, -0.2) is 0 Å². The zero-order valence-electron chi connectivity index (χ0n) is 18.4. The van der Waals surface area contributed by atoms with E-state index < -0.39 is 12.5 Å². The number of aliphatic hydroxyl groups is 2. The molecule has 0 aliphatic rings. The Balaban J connectivity index is 0. The van der Waals surface area contributed by atoms with Crippen LogP contribution in [0.25, 0.3) is 0 Å². The second-order valence-electron chi connectivity index (χ2n) is 7.42. The number of aliphatic hydroxyl groups excluding tert-OH is 2. The number of amides is 1. The molecule has 162 valence electrons. The molecule has 7 heteroatoms. The van der Waals surface area contributed by atoms with Crippen LogP contribution in [0.4, 0.5) is 0 Å². The van der Waals surface area contributed by atoms with E-state index in [4.69, 9.17) is 15.6 Å². The summed E-state index contributed by atoms with van der Waals surface area (Å²) in [6, 6.07) is 0. The molecule has 0 saturated heterocycles. The molecule has 3 atom stereocenters. The molecular formula is C20H43N3O4. The first-order chi connectivity index (χ1) is 12.5. The maximum absolute atomic E-state index is 11.0. The van der Waals surface area contributed by atoms with Crippen LogP contribution in [0, 0.1) is 5.92 Å². The van der Waals surface area contributed by atoms with Crippen molar-refractivity contribution in [3.8, 4) is 0 Å². The summed E-state index contributed by atoms with van der Waals surface area (Å²) in [5.74, 6) is -0.0641. The number of carbonyl (C=O) groups excluding carboxylic acids is 1. The van der Waals surface area contributed by atoms with E-state index in [1.165, 1.54) is 5.71 Å². The zero-order valence-corrected chi connectivity index (χ0v) is 18.4. The van der Waals surface area contributed by atoms with Crippen molar-refractivity contribution in [1.29, 1.82) is 0 Å². The molecule has 7 nitrogen and oxygen atoms in total. The fraction of sp³-hybridized carbons (Fsp3) is 0.900. The summed E-state index contributed by atoms with van der Waals surface area (Å²) in [6.45, 7) is 14.9. The first kappa shape index (κ1) is 28.2. The molecule has 0 spiro atoms. The van der Waals surface area contributed by atoms with E-state index in [0.717, 1.165) is 32.2 Å². The van der Waals surface area contributed by atoms with Gasteiger partial charge in [0.05, 0.1) is 12.1 Å². The van der Waals surface area contributed by atoms with Crippen molar-refractivity contribution in [3.63, 3.8) is 0 Å². The van der Waals surface area contributed by atoms with Gasteiger partial charge in [-0.1, -0.05) is 27.7 Å². The van der Waals surface area contributed by atoms with E-state index in [9.17, 15) is 9.90 Å². The number of hydrogen-bond acceptors (Lipinski definition) is 6. The molecule has 0 fully saturated rings. The van der Waals surface area contributed by atoms with Crippen LogP contribution in [-0.2, 0) is 9.53 Å². The number of ether oxygens (including phenoxy) is 1. The molecule has 0 aromatic carbocycles. The lowest BCUT2D eigenvalue weighted by atomic mass is 10.1. The Morgan fingerprint density at radius 3 is 2.30 bits per heavy atom. The SMILES string of the molecule is CCC(C)=NCCCC(O)OC(C)(C)CC.CCC(C)C(=O)NCC(N)O. The Morgan fingerprint density at radius 1 is 1.26 bits per heavy atom. The predicted molar refractivity (Wildman–Crippen MR) is 112 cm³/mol. The van der Waals surface area contributed by atoms with E-state index in [1.807, 2.05) is 34.6 Å². The van der Waals surface area contributed by atoms with Gasteiger partial charge in [-0.3, -0.25) is 9.79 Å². The van der Waals surface area contributed by atoms with Gasteiger partial charge >= 0.3 is 0 Å². The number of nitrogens with two attached hydrogens (primary N) is 1. The third-order valence-corrected chi connectivity index (χ3v) is 4.35. The number of carbonyl (C=O) groups is 1. The molecule has 0 aromatic heterocycles. The van der Waals surface area contributed by atoms with Crippen LogP contribution < -0.4 is 11.1 Å². The molecule has 0 aromatic rings. The molecule has 1 amide bonds. The van der Waals surface area contributed by atoms with Crippen LogP contribution in [0.1, 0.15) is 80.6 Å². The second kappa shape index (κ2) is 16.0. The molecule has 0 heterocycles. The first-order valence-corrected chi connectivity index (χ1v) is 10.1. The molecule has 0 aliphatic carbocycles. The number of nitrogens with zero attached hydrogens (tertiary/aromatic N) is 1. The van der Waals surface area contributed by atoms with E-state index >= 15 is 0 Å². The normalized spacial score (nSPS) is 15.4. The van der Waals surface area contributed by atoms with Gasteiger partial charge in [-0.15, -0.1) is 0 Å². The highest BCUT2D eigenvalue weighted by Crippen LogP contribution is 2.17. The number of rotatable bonds is 12. The topological polar surface area (TPSA) is 117 Å². The Bertz CT molecular complexity index is 412. The van der Waals surface area contributed by atoms with Crippen molar-refractivity contribution in [3.05, 3.63) is 0 Å². The van der Waals surface area contributed by atoms with Crippen LogP contribution in [0.15, 0.2) is 4.99 Å². The highest BCUT2D eigenvalue weighted by atomic mass is 16.6. The van der Waals surface area contributed by atoms with E-state index in [0.29, 0.717) is 6.42 Å². The number of nitrogens with one attached hydrogen (secondary N) is 1. The molecule has 5 N–H and O–H groups in total. The molecule has 0 aliphatic heterocycles. The van der Waals surface area contributed by atoms with Crippen molar-refractivity contribution in [2.24, 2.45) is 16.6 Å². The minimum Gasteiger partial charge on any atom is -0.377 e. The summed E-state index contributed by atoms with van der Waals surface area (Å²) in [5, 5.41) is 20.8. The summed E-state index contributed by atoms with van der Waals surface area (Å²) in [7, 11) is 0. The van der Waals surface area contributed by atoms with Gasteiger partial charge < -0.3 is 26.0 Å². The van der Waals surface area contributed by atoms with E-state index in [1.54, 1.807) is 0 Å². The minimum atomic E-state index is -0.956. The van der Waals surface area contributed by atoms with Gasteiger partial charge in [0.1, 0.15) is 6.23 Å². The first-order valence-electron chi connectivity index (χ1n) is 10.1. The largest absolute Gasteiger partial charge is 0.377 e. The molecule has 3 unspecified atom stereocenters. The lowest BCUT2D eigenvalue weighted by Crippen LogP contribution is -2.39. The Kier molecular flexibility index (Phi) is 16.7. The van der Waals surface area contributed by atoms with Gasteiger partial charge in [-0.05, 0) is 52.9 Å². The van der Waals surface area contributed by atoms with Crippen LogP contribution in [0.5, 0.6) is 0 Å². The molecule has 0 radical (unpaired) electrons. The van der Waals surface area contributed by atoms with Crippen molar-refractivity contribution < 1.29 is 19.7 Å². The summed E-state index contributed by atoms with van der Waals surface area (Å²) in [4.78, 5) is 15.4. The fourth-order valence-electron chi connectivity index (χ4n) is 1.72. The molecule has 0 rings (SSSR count). The summed E-state index contributed by atoms with van der Waals surface area (Å²) >= 11 is 0. The number of aliphatic imine (C=N–C) groups is 1. The smallest absolute Gasteiger partial charge is 0.222 e. The quantitative estimate of drug-likeness (QED) is 0.232. The predicted octanol–water partition coefficient (Wildman–Crippen LogP) is 2.59. The monoisotopic (exact) mass is 389 g/mol. The Hall–Kier alpha value is -1.02. The highest BCUT2D eigenvalue weighted by Gasteiger charge is 2.19. The lowest BCUT2D eigenvalue weighted by molar-refractivity contribution is -0.176. The standard InChI is InChI=1S/C13H27NO2.C7H16N2O2/c1-6-11(3)14-10-8-9-12(15)16-13(4,5)7-2;1-3-5(2)7(11)9-4-6(8)10/h12,15H,6-10H2,1-5H3;5-6,10H,3-4,8H2,1-2H3,(H,9,11). The summed E-state index contributed by atoms with van der Waals surface area (Å²) in [6.07, 6.45) is 2.61. The van der Waals surface area contributed by atoms with Crippen LogP contribution in [0.2, 0.25) is 0 Å². The van der Waals surface area contributed by atoms with Gasteiger partial charge in [-0.2, -0.15) is 0 Å². The van der Waals surface area contributed by atoms with Gasteiger partial charge in [0.25, 0.3) is 0 Å². The van der Waals surface area contributed by atoms with Crippen molar-refractivity contribution >= 4 is 11.6 Å². The molecule has 0 bridgehead atoms. The second-order valence-corrected chi connectivity index (χ2v) is 7.42. The summed E-state index contributed by atoms with van der Waals surface area (Å²) < 4.78 is 5.53. The van der Waals surface area contributed by atoms with Crippen LogP contribution in [-0.4, -0.2) is 53.0 Å². The van der Waals surface area contributed by atoms with Gasteiger partial charge in [0, 0.05) is 18.2 Å². The highest BCUT2D eigenvalue weighted by molar-refractivity contribution is 5.81. The van der Waals surface area contributed by atoms with Crippen molar-refractivity contribution in [2.45, 2.75) is 98.7 Å². The van der Waals surface area contributed by atoms with Crippen LogP contribution in [0.3, 0.4) is 0 Å². The number of hydrogen-bond donors (Lipinski definition) is 4. The Labute approximate surface area is 165 Å². The Morgan fingerprint density at radius 2 is 1.85 bits per heavy atom. The fourth-order valence-corrected chi connectivity index (χ4v) is 1.72. The maximum Gasteiger partial charge on any atom is 0.222 e. The zero-order chi connectivity index (χ0) is 21.5. The average molecular weight is 390 g/mol. The van der Waals surface area contributed by atoms with Crippen molar-refractivity contribution in [2.75, 3.05) is 13.1 Å². The van der Waals surface area contributed by atoms with E-state index in [2.05, 4.69) is 24.2 Å². The van der Waals surface area contributed by atoms with E-state index in [-0.39, 0.29) is 24.0 Å². The minimum absolute atomic E-state index is 0.00579. The van der Waals surface area contributed by atoms with Gasteiger partial charge in [0.2, 0.25) is 5.91 Å². The molecular weight excluding hydrogens is 346 g/mol. The molecule has 0 saturated carbocycles.